The van der Waals surface area contributed by atoms with Gasteiger partial charge in [0.25, 0.3) is 11.8 Å². The number of nitrogens with two attached hydrogens (primary N) is 1. The van der Waals surface area contributed by atoms with Crippen LogP contribution in [0.3, 0.4) is 0 Å². The predicted octanol–water partition coefficient (Wildman–Crippen LogP) is -1.41. The molecule has 0 aromatic heterocycles. The quantitative estimate of drug-likeness (QED) is 0.0695. The van der Waals surface area contributed by atoms with Gasteiger partial charge in [-0.2, -0.15) is 5.01 Å². The van der Waals surface area contributed by atoms with Gasteiger partial charge in [0, 0.05) is 19.9 Å². The van der Waals surface area contributed by atoms with Crippen LogP contribution in [0.5, 0.6) is 0 Å². The number of hydrogen-bond acceptors (Lipinski definition) is 7. The molecule has 0 bridgehead atoms. The molecule has 0 unspecified atom stereocenters. The highest BCUT2D eigenvalue weighted by Crippen LogP contribution is 2.21. The summed E-state index contributed by atoms with van der Waals surface area (Å²) in [6.07, 6.45) is -0.884. The fourth-order valence-corrected chi connectivity index (χ4v) is 3.74. The molecule has 3 atom stereocenters. The first-order valence-corrected chi connectivity index (χ1v) is 11.2. The monoisotopic (exact) mass is 519 g/mol. The SMILES string of the molecule is CC(=O)N[C@@H](CC(=O)O)C(=O)N([C@@H](Cc1ccccc1)C(=O)O)N1C(=O)N[C@@H](CCCNC(=N)N)C1=O. The van der Waals surface area contributed by atoms with Crippen LogP contribution in [-0.4, -0.2) is 86.6 Å². The van der Waals surface area contributed by atoms with Crippen molar-refractivity contribution in [2.45, 2.75) is 50.7 Å². The Bertz CT molecular complexity index is 1050. The Morgan fingerprint density at radius 1 is 1.19 bits per heavy atom. The fraction of sp³-hybridized carbons (Fsp3) is 0.409. The van der Waals surface area contributed by atoms with Crippen LogP contribution in [-0.2, 0) is 30.4 Å². The van der Waals surface area contributed by atoms with Crippen molar-refractivity contribution in [3.8, 4) is 0 Å². The summed E-state index contributed by atoms with van der Waals surface area (Å²) in [7, 11) is 0. The zero-order valence-corrected chi connectivity index (χ0v) is 20.0. The highest BCUT2D eigenvalue weighted by Gasteiger charge is 2.49. The van der Waals surface area contributed by atoms with Gasteiger partial charge in [-0.3, -0.25) is 24.6 Å². The summed E-state index contributed by atoms with van der Waals surface area (Å²) >= 11 is 0. The van der Waals surface area contributed by atoms with Crippen molar-refractivity contribution in [2.24, 2.45) is 5.73 Å². The molecule has 1 aliphatic heterocycles. The molecule has 200 valence electrons. The number of aliphatic carboxylic acids is 2. The number of carbonyl (C=O) groups is 6. The number of hydrazine groups is 1. The molecule has 1 aromatic rings. The van der Waals surface area contributed by atoms with Gasteiger partial charge in [-0.05, 0) is 18.4 Å². The highest BCUT2D eigenvalue weighted by atomic mass is 16.4. The molecule has 1 fully saturated rings. The Balaban J connectivity index is 2.46. The van der Waals surface area contributed by atoms with Crippen LogP contribution in [0.1, 0.15) is 31.7 Å². The molecule has 15 nitrogen and oxygen atoms in total. The lowest BCUT2D eigenvalue weighted by Gasteiger charge is -2.36. The molecule has 0 saturated carbocycles. The maximum atomic E-state index is 13.5. The minimum absolute atomic E-state index is 0.0735. The first-order chi connectivity index (χ1) is 17.4. The third-order valence-electron chi connectivity index (χ3n) is 5.33. The first kappa shape index (κ1) is 28.5. The number of nitrogens with one attached hydrogen (secondary N) is 4. The summed E-state index contributed by atoms with van der Waals surface area (Å²) < 4.78 is 0. The number of hydrogen-bond donors (Lipinski definition) is 7. The number of guanidine groups is 1. The maximum absolute atomic E-state index is 13.5. The normalized spacial score (nSPS) is 16.4. The molecule has 15 heteroatoms. The van der Waals surface area contributed by atoms with Crippen LogP contribution in [0.15, 0.2) is 30.3 Å². The highest BCUT2D eigenvalue weighted by molar-refractivity contribution is 6.06. The van der Waals surface area contributed by atoms with Crippen molar-refractivity contribution in [3.05, 3.63) is 35.9 Å². The van der Waals surface area contributed by atoms with Crippen molar-refractivity contribution < 1.29 is 39.0 Å². The Labute approximate surface area is 211 Å². The number of nitrogens with zero attached hydrogens (tertiary/aromatic N) is 2. The third kappa shape index (κ3) is 7.91. The molecule has 8 N–H and O–H groups in total. The van der Waals surface area contributed by atoms with Gasteiger partial charge in [-0.1, -0.05) is 30.3 Å². The van der Waals surface area contributed by atoms with Crippen molar-refractivity contribution >= 4 is 41.7 Å². The van der Waals surface area contributed by atoms with Crippen molar-refractivity contribution in [2.75, 3.05) is 6.54 Å². The Hall–Kier alpha value is -4.69. The second-order valence-electron chi connectivity index (χ2n) is 8.21. The second kappa shape index (κ2) is 12.9. The zero-order chi connectivity index (χ0) is 27.7. The van der Waals surface area contributed by atoms with Gasteiger partial charge in [0.15, 0.2) is 12.0 Å². The van der Waals surface area contributed by atoms with Crippen LogP contribution in [0.2, 0.25) is 0 Å². The van der Waals surface area contributed by atoms with E-state index in [0.717, 1.165) is 6.92 Å². The van der Waals surface area contributed by atoms with Gasteiger partial charge in [0.05, 0.1) is 6.42 Å². The van der Waals surface area contributed by atoms with Crippen LogP contribution < -0.4 is 21.7 Å². The van der Waals surface area contributed by atoms with Crippen molar-refractivity contribution in [1.82, 2.24) is 26.0 Å². The summed E-state index contributed by atoms with van der Waals surface area (Å²) in [5, 5.41) is 34.3. The number of amides is 5. The third-order valence-corrected chi connectivity index (χ3v) is 5.33. The van der Waals surface area contributed by atoms with Gasteiger partial charge >= 0.3 is 18.0 Å². The minimum Gasteiger partial charge on any atom is -0.481 e. The maximum Gasteiger partial charge on any atom is 0.344 e. The molecule has 37 heavy (non-hydrogen) atoms. The van der Waals surface area contributed by atoms with E-state index < -0.39 is 60.2 Å². The van der Waals surface area contributed by atoms with Crippen LogP contribution in [0.4, 0.5) is 4.79 Å². The van der Waals surface area contributed by atoms with E-state index in [1.54, 1.807) is 30.3 Å². The van der Waals surface area contributed by atoms with Gasteiger partial charge in [0.2, 0.25) is 5.91 Å². The van der Waals surface area contributed by atoms with Crippen molar-refractivity contribution in [3.63, 3.8) is 0 Å². The van der Waals surface area contributed by atoms with E-state index in [4.69, 9.17) is 11.1 Å². The van der Waals surface area contributed by atoms with E-state index in [-0.39, 0.29) is 31.8 Å². The molecule has 1 heterocycles. The summed E-state index contributed by atoms with van der Waals surface area (Å²) in [6.45, 7) is 1.25. The number of imide groups is 1. The lowest BCUT2D eigenvalue weighted by Crippen LogP contribution is -2.62. The summed E-state index contributed by atoms with van der Waals surface area (Å²) in [6, 6.07) is 2.34. The second-order valence-corrected chi connectivity index (χ2v) is 8.21. The molecule has 2 rings (SSSR count). The smallest absolute Gasteiger partial charge is 0.344 e. The number of rotatable bonds is 13. The van der Waals surface area contributed by atoms with Crippen LogP contribution in [0.25, 0.3) is 0 Å². The molecule has 1 aliphatic rings. The van der Waals surface area contributed by atoms with E-state index in [0.29, 0.717) is 15.6 Å². The average molecular weight is 520 g/mol. The standard InChI is InChI=1S/C22H29N7O8/c1-12(30)26-15(11-17(31)32)19(34)28(16(20(35)36)10-13-6-3-2-4-7-13)29-18(33)14(27-22(29)37)8-5-9-25-21(23)24/h2-4,6-7,14-16H,5,8-11H2,1H3,(H,26,30)(H,27,37)(H,31,32)(H,35,36)(H4,23,24,25)/t14-,15-,16-/m0/s1. The number of carbonyl (C=O) groups excluding carboxylic acids is 4. The van der Waals surface area contributed by atoms with E-state index >= 15 is 0 Å². The first-order valence-electron chi connectivity index (χ1n) is 11.2. The Morgan fingerprint density at radius 2 is 1.84 bits per heavy atom. The lowest BCUT2D eigenvalue weighted by atomic mass is 10.0. The largest absolute Gasteiger partial charge is 0.481 e. The summed E-state index contributed by atoms with van der Waals surface area (Å²) in [5.41, 5.74) is 5.67. The molecule has 1 saturated heterocycles. The van der Waals surface area contributed by atoms with Crippen LogP contribution >= 0.6 is 0 Å². The Kier molecular flexibility index (Phi) is 9.92. The number of carboxylic acid groups (broad SMARTS) is 2. The van der Waals surface area contributed by atoms with Gasteiger partial charge in [-0.15, -0.1) is 0 Å². The van der Waals surface area contributed by atoms with Crippen LogP contribution in [0, 0.1) is 5.41 Å². The van der Waals surface area contributed by atoms with Crippen molar-refractivity contribution in [1.29, 1.82) is 5.41 Å². The van der Waals surface area contributed by atoms with E-state index in [9.17, 15) is 39.0 Å². The molecule has 0 spiro atoms. The molecule has 0 radical (unpaired) electrons. The molecule has 0 aliphatic carbocycles. The predicted molar refractivity (Wildman–Crippen MR) is 127 cm³/mol. The molecular formula is C22H29N7O8. The molecule has 5 amide bonds. The van der Waals surface area contributed by atoms with E-state index in [1.807, 2.05) is 0 Å². The Morgan fingerprint density at radius 3 is 2.38 bits per heavy atom. The van der Waals surface area contributed by atoms with E-state index in [1.165, 1.54) is 0 Å². The minimum atomic E-state index is -1.80. The van der Waals surface area contributed by atoms with Gasteiger partial charge in [-0.25, -0.2) is 14.6 Å². The molecular weight excluding hydrogens is 490 g/mol. The topological polar surface area (TPSA) is 235 Å². The van der Waals surface area contributed by atoms with Gasteiger partial charge < -0.3 is 31.9 Å². The number of carboxylic acids is 2. The van der Waals surface area contributed by atoms with E-state index in [2.05, 4.69) is 16.0 Å². The van der Waals surface area contributed by atoms with Gasteiger partial charge in [0.1, 0.15) is 12.1 Å². The summed E-state index contributed by atoms with van der Waals surface area (Å²) in [4.78, 5) is 75.0. The average Bonchev–Trinajstić information content (AvgIpc) is 3.08. The zero-order valence-electron chi connectivity index (χ0n) is 20.0. The fourth-order valence-electron chi connectivity index (χ4n) is 3.74. The number of urea groups is 1. The summed E-state index contributed by atoms with van der Waals surface area (Å²) in [5.74, 6) is -6.30. The molecule has 1 aromatic carbocycles. The number of benzene rings is 1. The lowest BCUT2D eigenvalue weighted by molar-refractivity contribution is -0.170.